The second kappa shape index (κ2) is 11.1. The van der Waals surface area contributed by atoms with Gasteiger partial charge in [-0.25, -0.2) is 14.2 Å². The van der Waals surface area contributed by atoms with Gasteiger partial charge in [0.25, 0.3) is 5.56 Å². The fraction of sp³-hybridized carbons (Fsp3) is 0.321. The zero-order chi connectivity index (χ0) is 26.7. The fourth-order valence-electron chi connectivity index (χ4n) is 4.14. The smallest absolute Gasteiger partial charge is 0.338 e. The van der Waals surface area contributed by atoms with E-state index < -0.39 is 17.8 Å². The van der Waals surface area contributed by atoms with Gasteiger partial charge in [0.2, 0.25) is 0 Å². The Kier molecular flexibility index (Phi) is 7.92. The Bertz CT molecular complexity index is 1520. The molecule has 1 aliphatic rings. The van der Waals surface area contributed by atoms with E-state index >= 15 is 0 Å². The van der Waals surface area contributed by atoms with E-state index in [1.165, 1.54) is 28.0 Å². The van der Waals surface area contributed by atoms with E-state index in [0.29, 0.717) is 38.7 Å². The maximum absolute atomic E-state index is 13.7. The van der Waals surface area contributed by atoms with Gasteiger partial charge in [-0.3, -0.25) is 9.36 Å². The minimum atomic E-state index is -0.793. The second-order valence-electron chi connectivity index (χ2n) is 8.66. The van der Waals surface area contributed by atoms with Crippen molar-refractivity contribution in [1.29, 1.82) is 0 Å². The monoisotopic (exact) mass is 524 g/mol. The van der Waals surface area contributed by atoms with Crippen LogP contribution < -0.4 is 24.4 Å². The van der Waals surface area contributed by atoms with Gasteiger partial charge in [-0.2, -0.15) is 0 Å². The summed E-state index contributed by atoms with van der Waals surface area (Å²) in [5, 5.41) is 0. The molecule has 0 unspecified atom stereocenters. The summed E-state index contributed by atoms with van der Waals surface area (Å²) in [6, 6.07) is 10.4. The van der Waals surface area contributed by atoms with E-state index in [9.17, 15) is 14.0 Å². The highest BCUT2D eigenvalue weighted by atomic mass is 32.1. The van der Waals surface area contributed by atoms with Gasteiger partial charge in [0, 0.05) is 0 Å². The summed E-state index contributed by atoms with van der Waals surface area (Å²) in [5.41, 5.74) is 1.73. The van der Waals surface area contributed by atoms with Gasteiger partial charge in [-0.05, 0) is 76.1 Å². The van der Waals surface area contributed by atoms with Gasteiger partial charge in [-0.1, -0.05) is 29.5 Å². The molecule has 2 heterocycles. The maximum atomic E-state index is 13.7. The molecule has 2 aromatic carbocycles. The molecule has 4 rings (SSSR count). The van der Waals surface area contributed by atoms with Crippen LogP contribution in [0.25, 0.3) is 6.08 Å². The van der Waals surface area contributed by atoms with Crippen molar-refractivity contribution in [3.05, 3.63) is 90.4 Å². The molecule has 0 aliphatic carbocycles. The number of rotatable bonds is 8. The topological polar surface area (TPSA) is 79.1 Å². The van der Waals surface area contributed by atoms with Gasteiger partial charge in [0.05, 0.1) is 41.2 Å². The Balaban J connectivity index is 1.87. The van der Waals surface area contributed by atoms with Crippen molar-refractivity contribution >= 4 is 23.4 Å². The Morgan fingerprint density at radius 2 is 1.86 bits per heavy atom. The van der Waals surface area contributed by atoms with E-state index in [4.69, 9.17) is 14.2 Å². The van der Waals surface area contributed by atoms with E-state index in [1.807, 2.05) is 39.0 Å². The zero-order valence-electron chi connectivity index (χ0n) is 21.4. The van der Waals surface area contributed by atoms with E-state index in [2.05, 4.69) is 4.99 Å². The first-order valence-electron chi connectivity index (χ1n) is 12.1. The number of halogens is 1. The molecule has 0 N–H and O–H groups in total. The van der Waals surface area contributed by atoms with Crippen molar-refractivity contribution in [2.45, 2.75) is 46.8 Å². The van der Waals surface area contributed by atoms with Crippen molar-refractivity contribution in [2.24, 2.45) is 4.99 Å². The molecule has 7 nitrogen and oxygen atoms in total. The summed E-state index contributed by atoms with van der Waals surface area (Å²) in [6.07, 6.45) is 1.74. The Morgan fingerprint density at radius 3 is 2.51 bits per heavy atom. The number of carbonyl (C=O) groups excluding carboxylic acids is 1. The normalized spacial score (nSPS) is 15.4. The minimum Gasteiger partial charge on any atom is -0.490 e. The first kappa shape index (κ1) is 26.3. The molecule has 1 aliphatic heterocycles. The van der Waals surface area contributed by atoms with Crippen LogP contribution in [0.4, 0.5) is 4.39 Å². The quantitative estimate of drug-likeness (QED) is 0.414. The molecule has 0 fully saturated rings. The lowest BCUT2D eigenvalue weighted by Crippen LogP contribution is -2.39. The Hall–Kier alpha value is -3.72. The Morgan fingerprint density at radius 1 is 1.14 bits per heavy atom. The third kappa shape index (κ3) is 5.51. The number of hydrogen-bond acceptors (Lipinski definition) is 7. The molecular weight excluding hydrogens is 495 g/mol. The molecule has 0 amide bonds. The average molecular weight is 525 g/mol. The summed E-state index contributed by atoms with van der Waals surface area (Å²) >= 11 is 1.22. The molecule has 1 aromatic heterocycles. The number of benzene rings is 2. The van der Waals surface area contributed by atoms with Crippen LogP contribution in [0.2, 0.25) is 0 Å². The summed E-state index contributed by atoms with van der Waals surface area (Å²) in [7, 11) is 0. The van der Waals surface area contributed by atoms with Gasteiger partial charge in [-0.15, -0.1) is 0 Å². The van der Waals surface area contributed by atoms with Crippen LogP contribution >= 0.6 is 11.3 Å². The molecule has 0 saturated carbocycles. The molecule has 0 spiro atoms. The molecule has 1 atom stereocenters. The summed E-state index contributed by atoms with van der Waals surface area (Å²) < 4.78 is 32.5. The van der Waals surface area contributed by atoms with Crippen LogP contribution in [-0.4, -0.2) is 29.9 Å². The molecule has 3 aromatic rings. The van der Waals surface area contributed by atoms with E-state index in [0.717, 1.165) is 5.56 Å². The maximum Gasteiger partial charge on any atom is 0.338 e. The van der Waals surface area contributed by atoms with Crippen LogP contribution in [-0.2, 0) is 9.53 Å². The van der Waals surface area contributed by atoms with Gasteiger partial charge >= 0.3 is 5.97 Å². The predicted octanol–water partition coefficient (Wildman–Crippen LogP) is 4.12. The van der Waals surface area contributed by atoms with Crippen molar-refractivity contribution < 1.29 is 23.4 Å². The predicted molar refractivity (Wildman–Crippen MR) is 140 cm³/mol. The first-order chi connectivity index (χ1) is 17.7. The van der Waals surface area contributed by atoms with Crippen molar-refractivity contribution in [3.63, 3.8) is 0 Å². The number of hydrogen-bond donors (Lipinski definition) is 0. The molecule has 0 bridgehead atoms. The number of allylic oxidation sites excluding steroid dienone is 1. The molecule has 194 valence electrons. The van der Waals surface area contributed by atoms with Crippen LogP contribution in [0.3, 0.4) is 0 Å². The third-order valence-electron chi connectivity index (χ3n) is 5.63. The number of ether oxygens (including phenoxy) is 3. The van der Waals surface area contributed by atoms with Crippen molar-refractivity contribution in [1.82, 2.24) is 4.57 Å². The van der Waals surface area contributed by atoms with Gasteiger partial charge in [0.15, 0.2) is 16.3 Å². The van der Waals surface area contributed by atoms with Crippen molar-refractivity contribution in [2.75, 3.05) is 13.2 Å². The van der Waals surface area contributed by atoms with E-state index in [-0.39, 0.29) is 23.8 Å². The fourth-order valence-corrected chi connectivity index (χ4v) is 5.18. The number of carbonyl (C=O) groups is 1. The summed E-state index contributed by atoms with van der Waals surface area (Å²) in [4.78, 5) is 31.6. The number of nitrogens with zero attached hydrogens (tertiary/aromatic N) is 2. The van der Waals surface area contributed by atoms with Crippen LogP contribution in [0, 0.1) is 5.82 Å². The third-order valence-corrected chi connectivity index (χ3v) is 6.61. The van der Waals surface area contributed by atoms with Gasteiger partial charge in [0.1, 0.15) is 5.82 Å². The lowest BCUT2D eigenvalue weighted by molar-refractivity contribution is -0.139. The van der Waals surface area contributed by atoms with Crippen LogP contribution in [0.15, 0.2) is 63.5 Å². The summed E-state index contributed by atoms with van der Waals surface area (Å²) in [5.74, 6) is 0.239. The van der Waals surface area contributed by atoms with Crippen LogP contribution in [0.1, 0.15) is 51.8 Å². The zero-order valence-corrected chi connectivity index (χ0v) is 22.2. The standard InChI is InChI=1S/C28H29FN2O5S/c1-6-34-22-14-18(8-13-21(22)36-16(3)4)15-23-26(32)31-25(19-9-11-20(29)12-10-19)24(27(33)35-7-2)17(5)30-28(31)37-23/h8-16,25H,6-7H2,1-5H3/b23-15-/t25-/m0/s1. The highest BCUT2D eigenvalue weighted by Crippen LogP contribution is 2.31. The number of esters is 1. The lowest BCUT2D eigenvalue weighted by Gasteiger charge is -2.24. The average Bonchev–Trinajstić information content (AvgIpc) is 3.14. The SMILES string of the molecule is CCOC(=O)C1=C(C)N=c2s/c(=C\c3ccc(OC(C)C)c(OCC)c3)c(=O)n2[C@H]1c1ccc(F)cc1. The number of fused-ring (bicyclic) bond motifs is 1. The Labute approximate surface area is 218 Å². The first-order valence-corrected chi connectivity index (χ1v) is 12.9. The summed E-state index contributed by atoms with van der Waals surface area (Å²) in [6.45, 7) is 9.83. The van der Waals surface area contributed by atoms with Crippen LogP contribution in [0.5, 0.6) is 11.5 Å². The molecule has 37 heavy (non-hydrogen) atoms. The molecule has 9 heteroatoms. The molecular formula is C28H29FN2O5S. The van der Waals surface area contributed by atoms with Crippen molar-refractivity contribution in [3.8, 4) is 11.5 Å². The molecule has 0 radical (unpaired) electrons. The highest BCUT2D eigenvalue weighted by molar-refractivity contribution is 7.07. The lowest BCUT2D eigenvalue weighted by atomic mass is 9.96. The minimum absolute atomic E-state index is 0.0166. The highest BCUT2D eigenvalue weighted by Gasteiger charge is 2.33. The second-order valence-corrected chi connectivity index (χ2v) is 9.67. The largest absolute Gasteiger partial charge is 0.490 e. The molecule has 0 saturated heterocycles. The number of aromatic nitrogens is 1. The van der Waals surface area contributed by atoms with E-state index in [1.54, 1.807) is 32.1 Å². The number of thiazole rings is 1. The van der Waals surface area contributed by atoms with Gasteiger partial charge < -0.3 is 14.2 Å².